The second kappa shape index (κ2) is 7.88. The van der Waals surface area contributed by atoms with Crippen LogP contribution >= 0.6 is 22.7 Å². The first-order valence-corrected chi connectivity index (χ1v) is 10.7. The minimum Gasteiger partial charge on any atom is -0.341 e. The van der Waals surface area contributed by atoms with Crippen LogP contribution in [0.25, 0.3) is 20.7 Å². The number of rotatable bonds is 5. The minimum absolute atomic E-state index is 0.0541. The van der Waals surface area contributed by atoms with Crippen molar-refractivity contribution in [1.82, 2.24) is 14.9 Å². The molecular weight excluding hydrogens is 409 g/mol. The molecule has 0 aliphatic heterocycles. The van der Waals surface area contributed by atoms with Gasteiger partial charge in [-0.05, 0) is 25.1 Å². The SMILES string of the molecule is Cc1ccc(-c2csc3nc(CC(=O)N(C)Cc4ccccc4F)[nH]c(=O)c23)s1. The molecule has 8 heteroatoms. The molecule has 4 rings (SSSR count). The van der Waals surface area contributed by atoms with E-state index in [-0.39, 0.29) is 30.2 Å². The number of hydrogen-bond donors (Lipinski definition) is 1. The smallest absolute Gasteiger partial charge is 0.260 e. The maximum atomic E-state index is 13.8. The van der Waals surface area contributed by atoms with Gasteiger partial charge < -0.3 is 9.88 Å². The van der Waals surface area contributed by atoms with E-state index in [1.54, 1.807) is 36.6 Å². The maximum absolute atomic E-state index is 13.8. The molecule has 1 aromatic carbocycles. The van der Waals surface area contributed by atoms with Crippen molar-refractivity contribution in [3.63, 3.8) is 0 Å². The molecule has 0 aliphatic rings. The number of aromatic nitrogens is 2. The van der Waals surface area contributed by atoms with Gasteiger partial charge in [0.2, 0.25) is 5.91 Å². The van der Waals surface area contributed by atoms with Crippen LogP contribution in [-0.2, 0) is 17.8 Å². The van der Waals surface area contributed by atoms with Crippen molar-refractivity contribution in [2.75, 3.05) is 7.05 Å². The van der Waals surface area contributed by atoms with E-state index >= 15 is 0 Å². The van der Waals surface area contributed by atoms with Gasteiger partial charge in [0.1, 0.15) is 16.5 Å². The first kappa shape index (κ1) is 19.5. The first-order valence-electron chi connectivity index (χ1n) is 8.97. The molecule has 0 atom stereocenters. The van der Waals surface area contributed by atoms with Crippen molar-refractivity contribution in [2.45, 2.75) is 19.9 Å². The number of fused-ring (bicyclic) bond motifs is 1. The highest BCUT2D eigenvalue weighted by molar-refractivity contribution is 7.19. The third kappa shape index (κ3) is 3.99. The van der Waals surface area contributed by atoms with Crippen molar-refractivity contribution in [3.05, 3.63) is 74.2 Å². The average molecular weight is 428 g/mol. The number of halogens is 1. The van der Waals surface area contributed by atoms with Crippen molar-refractivity contribution < 1.29 is 9.18 Å². The summed E-state index contributed by atoms with van der Waals surface area (Å²) in [6, 6.07) is 10.4. The normalized spacial score (nSPS) is 11.1. The van der Waals surface area contributed by atoms with E-state index < -0.39 is 0 Å². The summed E-state index contributed by atoms with van der Waals surface area (Å²) in [5, 5.41) is 2.47. The van der Waals surface area contributed by atoms with Gasteiger partial charge in [-0.2, -0.15) is 0 Å². The zero-order valence-corrected chi connectivity index (χ0v) is 17.5. The van der Waals surface area contributed by atoms with Crippen LogP contribution in [0.3, 0.4) is 0 Å². The average Bonchev–Trinajstić information content (AvgIpc) is 3.29. The number of aryl methyl sites for hydroxylation is 1. The van der Waals surface area contributed by atoms with Crippen LogP contribution < -0.4 is 5.56 Å². The number of amides is 1. The number of nitrogens with zero attached hydrogens (tertiary/aromatic N) is 2. The van der Waals surface area contributed by atoms with Gasteiger partial charge in [0.05, 0.1) is 11.8 Å². The van der Waals surface area contributed by atoms with Gasteiger partial charge in [-0.3, -0.25) is 9.59 Å². The molecule has 29 heavy (non-hydrogen) atoms. The molecule has 0 bridgehead atoms. The molecule has 0 spiro atoms. The topological polar surface area (TPSA) is 66.1 Å². The summed E-state index contributed by atoms with van der Waals surface area (Å²) in [7, 11) is 1.60. The zero-order chi connectivity index (χ0) is 20.5. The molecule has 0 unspecified atom stereocenters. The summed E-state index contributed by atoms with van der Waals surface area (Å²) < 4.78 is 13.8. The Morgan fingerprint density at radius 3 is 2.76 bits per heavy atom. The predicted molar refractivity (Wildman–Crippen MR) is 115 cm³/mol. The van der Waals surface area contributed by atoms with E-state index in [2.05, 4.69) is 9.97 Å². The maximum Gasteiger partial charge on any atom is 0.260 e. The van der Waals surface area contributed by atoms with Crippen LogP contribution in [0.15, 0.2) is 46.6 Å². The summed E-state index contributed by atoms with van der Waals surface area (Å²) in [5.74, 6) is -0.292. The van der Waals surface area contributed by atoms with E-state index in [1.165, 1.54) is 27.2 Å². The Labute approximate surface area is 174 Å². The van der Waals surface area contributed by atoms with Gasteiger partial charge in [0.25, 0.3) is 5.56 Å². The highest BCUT2D eigenvalue weighted by atomic mass is 32.1. The number of carbonyl (C=O) groups excluding carboxylic acids is 1. The quantitative estimate of drug-likeness (QED) is 0.515. The van der Waals surface area contributed by atoms with E-state index in [4.69, 9.17) is 0 Å². The Morgan fingerprint density at radius 2 is 2.03 bits per heavy atom. The van der Waals surface area contributed by atoms with E-state index in [9.17, 15) is 14.0 Å². The van der Waals surface area contributed by atoms with Crippen LogP contribution in [-0.4, -0.2) is 27.8 Å². The molecule has 5 nitrogen and oxygen atoms in total. The summed E-state index contributed by atoms with van der Waals surface area (Å²) in [4.78, 5) is 36.7. The Bertz CT molecular complexity index is 1260. The number of nitrogens with one attached hydrogen (secondary N) is 1. The van der Waals surface area contributed by atoms with Crippen LogP contribution in [0.1, 0.15) is 16.3 Å². The number of benzene rings is 1. The molecule has 1 N–H and O–H groups in total. The lowest BCUT2D eigenvalue weighted by atomic mass is 10.2. The van der Waals surface area contributed by atoms with Gasteiger partial charge in [-0.25, -0.2) is 9.37 Å². The fraction of sp³-hybridized carbons (Fsp3) is 0.190. The zero-order valence-electron chi connectivity index (χ0n) is 15.9. The molecule has 0 radical (unpaired) electrons. The number of hydrogen-bond acceptors (Lipinski definition) is 5. The monoisotopic (exact) mass is 427 g/mol. The molecule has 0 fully saturated rings. The number of likely N-dealkylation sites (N-methyl/N-ethyl adjacent to an activating group) is 1. The van der Waals surface area contributed by atoms with Gasteiger partial charge in [0, 0.05) is 39.9 Å². The first-order chi connectivity index (χ1) is 13.9. The van der Waals surface area contributed by atoms with Gasteiger partial charge in [-0.15, -0.1) is 22.7 Å². The number of H-pyrrole nitrogens is 1. The van der Waals surface area contributed by atoms with Crippen LogP contribution in [0.2, 0.25) is 0 Å². The molecule has 3 heterocycles. The Morgan fingerprint density at radius 1 is 1.24 bits per heavy atom. The number of carbonyl (C=O) groups is 1. The Balaban J connectivity index is 1.56. The fourth-order valence-electron chi connectivity index (χ4n) is 3.09. The summed E-state index contributed by atoms with van der Waals surface area (Å²) in [6.07, 6.45) is -0.0541. The summed E-state index contributed by atoms with van der Waals surface area (Å²) >= 11 is 3.01. The third-order valence-electron chi connectivity index (χ3n) is 4.61. The summed E-state index contributed by atoms with van der Waals surface area (Å²) in [5.41, 5.74) is 1.05. The van der Waals surface area contributed by atoms with Gasteiger partial charge >= 0.3 is 0 Å². The molecule has 1 amide bonds. The number of aromatic amines is 1. The molecule has 4 aromatic rings. The van der Waals surface area contributed by atoms with E-state index in [0.717, 1.165) is 10.4 Å². The Hall–Kier alpha value is -2.84. The van der Waals surface area contributed by atoms with Gasteiger partial charge in [0.15, 0.2) is 0 Å². The van der Waals surface area contributed by atoms with E-state index in [0.29, 0.717) is 21.6 Å². The summed E-state index contributed by atoms with van der Waals surface area (Å²) in [6.45, 7) is 2.17. The minimum atomic E-state index is -0.352. The lowest BCUT2D eigenvalue weighted by Gasteiger charge is -2.17. The van der Waals surface area contributed by atoms with Gasteiger partial charge in [-0.1, -0.05) is 18.2 Å². The van der Waals surface area contributed by atoms with Crippen molar-refractivity contribution >= 4 is 38.8 Å². The molecule has 0 saturated carbocycles. The molecular formula is C21H18FN3O2S2. The highest BCUT2D eigenvalue weighted by Crippen LogP contribution is 2.34. The predicted octanol–water partition coefficient (Wildman–Crippen LogP) is 4.36. The fourth-order valence-corrected chi connectivity index (χ4v) is 5.01. The molecule has 0 saturated heterocycles. The van der Waals surface area contributed by atoms with Crippen LogP contribution in [0, 0.1) is 12.7 Å². The lowest BCUT2D eigenvalue weighted by Crippen LogP contribution is -2.29. The second-order valence-corrected chi connectivity index (χ2v) is 8.92. The second-order valence-electron chi connectivity index (χ2n) is 6.77. The molecule has 3 aromatic heterocycles. The van der Waals surface area contributed by atoms with Crippen molar-refractivity contribution in [1.29, 1.82) is 0 Å². The molecule has 0 aliphatic carbocycles. The Kier molecular flexibility index (Phi) is 5.29. The largest absolute Gasteiger partial charge is 0.341 e. The lowest BCUT2D eigenvalue weighted by molar-refractivity contribution is -0.129. The third-order valence-corrected chi connectivity index (χ3v) is 6.51. The van der Waals surface area contributed by atoms with Crippen molar-refractivity contribution in [2.24, 2.45) is 0 Å². The van der Waals surface area contributed by atoms with Crippen LogP contribution in [0.4, 0.5) is 4.39 Å². The van der Waals surface area contributed by atoms with E-state index in [1.807, 2.05) is 24.4 Å². The molecule has 148 valence electrons. The van der Waals surface area contributed by atoms with Crippen molar-refractivity contribution in [3.8, 4) is 10.4 Å². The number of thiophene rings is 2. The highest BCUT2D eigenvalue weighted by Gasteiger charge is 2.17. The standard InChI is InChI=1S/C21H18FN3O2S2/c1-12-7-8-16(29-12)14-11-28-21-19(14)20(27)23-17(24-21)9-18(26)25(2)10-13-5-3-4-6-15(13)22/h3-8,11H,9-10H2,1-2H3,(H,23,24,27). The van der Waals surface area contributed by atoms with Crippen LogP contribution in [0.5, 0.6) is 0 Å².